The highest BCUT2D eigenvalue weighted by molar-refractivity contribution is 8.00. The average Bonchev–Trinajstić information content (AvgIpc) is 3.46. The summed E-state index contributed by atoms with van der Waals surface area (Å²) < 4.78 is 10.9. The molecule has 11 nitrogen and oxygen atoms in total. The van der Waals surface area contributed by atoms with E-state index in [2.05, 4.69) is 22.0 Å². The zero-order valence-corrected chi connectivity index (χ0v) is 30.2. The molecule has 1 aliphatic rings. The number of carbonyl (C=O) groups excluding carboxylic acids is 4. The normalized spacial score (nSPS) is 12.6. The first-order chi connectivity index (χ1) is 24.4. The van der Waals surface area contributed by atoms with Gasteiger partial charge in [-0.15, -0.1) is 23.1 Å². The van der Waals surface area contributed by atoms with Crippen LogP contribution in [-0.2, 0) is 27.3 Å². The summed E-state index contributed by atoms with van der Waals surface area (Å²) >= 11 is 2.55. The van der Waals surface area contributed by atoms with Crippen LogP contribution in [0.2, 0.25) is 0 Å². The Hall–Kier alpha value is -5.58. The molecule has 2 heterocycles. The molecule has 0 saturated heterocycles. The molecule has 0 radical (unpaired) electrons. The van der Waals surface area contributed by atoms with Crippen LogP contribution in [0, 0.1) is 11.3 Å². The zero-order valence-electron chi connectivity index (χ0n) is 28.6. The molecule has 0 spiro atoms. The van der Waals surface area contributed by atoms with Crippen molar-refractivity contribution in [2.24, 2.45) is 0 Å². The fourth-order valence-corrected chi connectivity index (χ4v) is 7.13. The van der Waals surface area contributed by atoms with Gasteiger partial charge in [0.15, 0.2) is 0 Å². The fourth-order valence-electron chi connectivity index (χ4n) is 5.15. The van der Waals surface area contributed by atoms with Gasteiger partial charge in [0, 0.05) is 33.1 Å². The minimum absolute atomic E-state index is 0.00643. The summed E-state index contributed by atoms with van der Waals surface area (Å²) in [5.41, 5.74) is 2.08. The Bertz CT molecular complexity index is 2010. The van der Waals surface area contributed by atoms with Crippen molar-refractivity contribution in [3.63, 3.8) is 0 Å². The van der Waals surface area contributed by atoms with Crippen molar-refractivity contribution >= 4 is 63.7 Å². The van der Waals surface area contributed by atoms with Crippen molar-refractivity contribution in [2.75, 3.05) is 30.0 Å². The van der Waals surface area contributed by atoms with Gasteiger partial charge in [-0.05, 0) is 75.2 Å². The van der Waals surface area contributed by atoms with Gasteiger partial charge >= 0.3 is 6.09 Å². The van der Waals surface area contributed by atoms with Crippen molar-refractivity contribution in [1.29, 1.82) is 5.26 Å². The van der Waals surface area contributed by atoms with E-state index in [4.69, 9.17) is 9.47 Å². The Labute approximate surface area is 304 Å². The third kappa shape index (κ3) is 9.78. The van der Waals surface area contributed by atoms with E-state index in [1.54, 1.807) is 83.8 Å². The number of carbonyl (C=O) groups is 4. The van der Waals surface area contributed by atoms with Crippen LogP contribution in [0.25, 0.3) is 6.08 Å². The molecule has 0 bridgehead atoms. The lowest BCUT2D eigenvalue weighted by molar-refractivity contribution is -0.114. The van der Waals surface area contributed by atoms with Crippen molar-refractivity contribution in [3.05, 3.63) is 112 Å². The monoisotopic (exact) mass is 723 g/mol. The lowest BCUT2D eigenvalue weighted by Crippen LogP contribution is -2.39. The second-order valence-electron chi connectivity index (χ2n) is 12.4. The lowest BCUT2D eigenvalue weighted by atomic mass is 10.0. The van der Waals surface area contributed by atoms with E-state index in [1.807, 2.05) is 26.8 Å². The van der Waals surface area contributed by atoms with Crippen molar-refractivity contribution in [2.45, 2.75) is 44.2 Å². The molecular weight excluding hydrogens is 687 g/mol. The molecule has 4 amide bonds. The molecule has 4 aromatic rings. The number of methoxy groups -OCH3 is 1. The maximum Gasteiger partial charge on any atom is 0.410 e. The number of hydrogen-bond donors (Lipinski definition) is 3. The minimum Gasteiger partial charge on any atom is -0.496 e. The number of nitriles is 1. The Morgan fingerprint density at radius 2 is 1.75 bits per heavy atom. The summed E-state index contributed by atoms with van der Waals surface area (Å²) in [6, 6.07) is 24.9. The lowest BCUT2D eigenvalue weighted by Gasteiger charge is -2.29. The average molecular weight is 724 g/mol. The van der Waals surface area contributed by atoms with Crippen LogP contribution in [0.4, 0.5) is 15.5 Å². The van der Waals surface area contributed by atoms with Gasteiger partial charge < -0.3 is 30.3 Å². The van der Waals surface area contributed by atoms with Gasteiger partial charge in [-0.3, -0.25) is 14.4 Å². The molecule has 0 saturated carbocycles. The molecule has 0 unspecified atom stereocenters. The fraction of sp³-hybridized carbons (Fsp3) is 0.237. The van der Waals surface area contributed by atoms with Gasteiger partial charge in [-0.2, -0.15) is 5.26 Å². The Balaban J connectivity index is 1.24. The number of benzene rings is 3. The number of anilines is 2. The first-order valence-electron chi connectivity index (χ1n) is 16.0. The van der Waals surface area contributed by atoms with Crippen molar-refractivity contribution in [3.8, 4) is 11.8 Å². The first kappa shape index (κ1) is 36.7. The molecular formula is C38H37N5O6S2. The quantitative estimate of drug-likeness (QED) is 0.116. The largest absolute Gasteiger partial charge is 0.496 e. The van der Waals surface area contributed by atoms with E-state index in [9.17, 15) is 24.4 Å². The second kappa shape index (κ2) is 16.4. The third-order valence-corrected chi connectivity index (χ3v) is 9.63. The molecule has 262 valence electrons. The number of thiophene rings is 1. The van der Waals surface area contributed by atoms with E-state index in [-0.39, 0.29) is 17.4 Å². The van der Waals surface area contributed by atoms with Gasteiger partial charge in [-0.25, -0.2) is 4.79 Å². The summed E-state index contributed by atoms with van der Waals surface area (Å²) in [6.45, 7) is 6.15. The predicted octanol–water partition coefficient (Wildman–Crippen LogP) is 7.06. The summed E-state index contributed by atoms with van der Waals surface area (Å²) in [5.74, 6) is -0.740. The van der Waals surface area contributed by atoms with Crippen molar-refractivity contribution in [1.82, 2.24) is 10.2 Å². The number of para-hydroxylation sites is 1. The summed E-state index contributed by atoms with van der Waals surface area (Å²) in [4.78, 5) is 55.4. The number of fused-ring (bicyclic) bond motifs is 1. The Morgan fingerprint density at radius 3 is 2.47 bits per heavy atom. The maximum atomic E-state index is 13.6. The van der Waals surface area contributed by atoms with Gasteiger partial charge in [-0.1, -0.05) is 42.5 Å². The maximum absolute atomic E-state index is 13.6. The first-order valence-corrected chi connectivity index (χ1v) is 17.8. The summed E-state index contributed by atoms with van der Waals surface area (Å²) in [7, 11) is 1.52. The molecule has 3 aromatic carbocycles. The summed E-state index contributed by atoms with van der Waals surface area (Å²) in [5, 5.41) is 18.8. The highest BCUT2D eigenvalue weighted by Gasteiger charge is 2.30. The van der Waals surface area contributed by atoms with Crippen LogP contribution in [-0.4, -0.2) is 53.7 Å². The van der Waals surface area contributed by atoms with Crippen LogP contribution in [0.1, 0.15) is 52.7 Å². The Morgan fingerprint density at radius 1 is 1.00 bits per heavy atom. The van der Waals surface area contributed by atoms with Crippen LogP contribution in [0.15, 0.2) is 89.5 Å². The van der Waals surface area contributed by atoms with Gasteiger partial charge in [0.25, 0.3) is 11.8 Å². The van der Waals surface area contributed by atoms with E-state index in [0.29, 0.717) is 57.5 Å². The molecule has 0 aliphatic carbocycles. The van der Waals surface area contributed by atoms with Gasteiger partial charge in [0.05, 0.1) is 25.0 Å². The number of rotatable bonds is 10. The van der Waals surface area contributed by atoms with E-state index in [1.165, 1.54) is 30.2 Å². The SMILES string of the molecule is COc1ccccc1/C=C(/NC(=O)c1ccccc1)C(=O)Nc1cccc(SCC(=O)Nc2sc3c(c2C#N)CCN(C(=O)OC(C)(C)C)C3)c1. The smallest absolute Gasteiger partial charge is 0.410 e. The summed E-state index contributed by atoms with van der Waals surface area (Å²) in [6.07, 6.45) is 1.62. The number of nitrogens with zero attached hydrogens (tertiary/aromatic N) is 2. The van der Waals surface area contributed by atoms with E-state index >= 15 is 0 Å². The topological polar surface area (TPSA) is 150 Å². The second-order valence-corrected chi connectivity index (χ2v) is 14.6. The molecule has 0 fully saturated rings. The van der Waals surface area contributed by atoms with Crippen LogP contribution < -0.4 is 20.7 Å². The third-order valence-electron chi connectivity index (χ3n) is 7.50. The van der Waals surface area contributed by atoms with Crippen LogP contribution in [0.3, 0.4) is 0 Å². The van der Waals surface area contributed by atoms with E-state index in [0.717, 1.165) is 10.4 Å². The molecule has 51 heavy (non-hydrogen) atoms. The van der Waals surface area contributed by atoms with Gasteiger partial charge in [0.2, 0.25) is 5.91 Å². The molecule has 5 rings (SSSR count). The molecule has 13 heteroatoms. The predicted molar refractivity (Wildman–Crippen MR) is 199 cm³/mol. The number of nitrogens with one attached hydrogen (secondary N) is 3. The molecule has 0 atom stereocenters. The number of ether oxygens (including phenoxy) is 2. The highest BCUT2D eigenvalue weighted by atomic mass is 32.2. The highest BCUT2D eigenvalue weighted by Crippen LogP contribution is 2.37. The zero-order chi connectivity index (χ0) is 36.5. The minimum atomic E-state index is -0.621. The molecule has 3 N–H and O–H groups in total. The number of amides is 4. The number of thioether (sulfide) groups is 1. The number of hydrogen-bond acceptors (Lipinski definition) is 9. The molecule has 1 aromatic heterocycles. The van der Waals surface area contributed by atoms with Crippen molar-refractivity contribution < 1.29 is 28.7 Å². The van der Waals surface area contributed by atoms with Gasteiger partial charge in [0.1, 0.15) is 28.1 Å². The van der Waals surface area contributed by atoms with Crippen LogP contribution >= 0.6 is 23.1 Å². The standard InChI is InChI=1S/C38H37N5O6S2/c1-38(2,3)49-37(47)43-18-17-28-29(21-39)36(51-32(28)22-43)42-33(44)23-50-27-15-10-14-26(20-27)40-35(46)30(19-25-13-8-9-16-31(25)48-4)41-34(45)24-11-6-5-7-12-24/h5-16,19-20H,17-18,22-23H2,1-4H3,(H,40,46)(H,41,45)(H,42,44)/b30-19+. The van der Waals surface area contributed by atoms with Crippen LogP contribution in [0.5, 0.6) is 5.75 Å². The Kier molecular flexibility index (Phi) is 11.8. The molecule has 1 aliphatic heterocycles. The van der Waals surface area contributed by atoms with E-state index < -0.39 is 23.5 Å².